The molecule has 1 saturated heterocycles. The Morgan fingerprint density at radius 3 is 2.56 bits per heavy atom. The zero-order valence-electron chi connectivity index (χ0n) is 21.6. The Bertz CT molecular complexity index is 1200. The van der Waals surface area contributed by atoms with E-state index in [-0.39, 0.29) is 36.5 Å². The summed E-state index contributed by atoms with van der Waals surface area (Å²) in [5.74, 6) is -0.273. The first-order chi connectivity index (χ1) is 17.0. The number of hydrogen-bond donors (Lipinski definition) is 4. The monoisotopic (exact) mass is 512 g/mol. The Balaban J connectivity index is 1.61. The number of carbonyl (C=O) groups is 2. The lowest BCUT2D eigenvalue weighted by molar-refractivity contribution is -0.0587. The van der Waals surface area contributed by atoms with Gasteiger partial charge in [-0.2, -0.15) is 0 Å². The molecule has 2 aliphatic rings. The van der Waals surface area contributed by atoms with Gasteiger partial charge in [-0.15, -0.1) is 11.3 Å². The molecule has 4 heterocycles. The number of nitrogens with zero attached hydrogens (tertiary/aromatic N) is 2. The van der Waals surface area contributed by atoms with Crippen LogP contribution in [0.1, 0.15) is 71.6 Å². The molecule has 2 amide bonds. The number of amides is 2. The molecule has 0 aliphatic carbocycles. The van der Waals surface area contributed by atoms with E-state index in [0.29, 0.717) is 35.6 Å². The van der Waals surface area contributed by atoms with Crippen molar-refractivity contribution >= 4 is 34.6 Å². The van der Waals surface area contributed by atoms with Crippen molar-refractivity contribution in [3.8, 4) is 0 Å². The number of thiophene rings is 1. The SMILES string of the molecule is CCC1=CC(c2ccc(C(=O)N3CC(CO)(CO)C3)s2)=Nc2c(C(=O)NC(C)C(C)(C)C)c[nH]c2C1. The van der Waals surface area contributed by atoms with Crippen LogP contribution >= 0.6 is 11.3 Å². The summed E-state index contributed by atoms with van der Waals surface area (Å²) in [6.45, 7) is 10.8. The van der Waals surface area contributed by atoms with E-state index >= 15 is 0 Å². The minimum atomic E-state index is -0.605. The van der Waals surface area contributed by atoms with Gasteiger partial charge in [0, 0.05) is 37.4 Å². The number of nitrogens with one attached hydrogen (secondary N) is 2. The average Bonchev–Trinajstić information content (AvgIpc) is 3.41. The van der Waals surface area contributed by atoms with Crippen molar-refractivity contribution in [2.45, 2.75) is 53.5 Å². The molecule has 36 heavy (non-hydrogen) atoms. The summed E-state index contributed by atoms with van der Waals surface area (Å²) in [6.07, 6.45) is 5.31. The lowest BCUT2D eigenvalue weighted by atomic mass is 9.81. The maximum atomic E-state index is 13.2. The van der Waals surface area contributed by atoms with Gasteiger partial charge in [-0.1, -0.05) is 33.3 Å². The van der Waals surface area contributed by atoms with Crippen LogP contribution in [0, 0.1) is 10.8 Å². The fraction of sp³-hybridized carbons (Fsp3) is 0.519. The molecule has 1 unspecified atom stereocenters. The third-order valence-electron chi connectivity index (χ3n) is 7.33. The number of aliphatic imine (C=N–C) groups is 1. The highest BCUT2D eigenvalue weighted by molar-refractivity contribution is 7.16. The Morgan fingerprint density at radius 2 is 1.94 bits per heavy atom. The predicted molar refractivity (Wildman–Crippen MR) is 142 cm³/mol. The van der Waals surface area contributed by atoms with Crippen LogP contribution in [-0.4, -0.2) is 70.0 Å². The Labute approximate surface area is 216 Å². The van der Waals surface area contributed by atoms with Crippen molar-refractivity contribution in [3.63, 3.8) is 0 Å². The molecular weight excluding hydrogens is 476 g/mol. The molecular formula is C27H36N4O4S. The van der Waals surface area contributed by atoms with Crippen molar-refractivity contribution < 1.29 is 19.8 Å². The van der Waals surface area contributed by atoms with Gasteiger partial charge in [0.1, 0.15) is 0 Å². The fourth-order valence-electron chi connectivity index (χ4n) is 4.27. The summed E-state index contributed by atoms with van der Waals surface area (Å²) < 4.78 is 0. The van der Waals surface area contributed by atoms with Gasteiger partial charge in [0.2, 0.25) is 0 Å². The highest BCUT2D eigenvalue weighted by Crippen LogP contribution is 2.35. The summed E-state index contributed by atoms with van der Waals surface area (Å²) in [5, 5.41) is 22.1. The van der Waals surface area contributed by atoms with Gasteiger partial charge in [0.25, 0.3) is 11.8 Å². The molecule has 4 rings (SSSR count). The molecule has 0 spiro atoms. The maximum absolute atomic E-state index is 13.2. The molecule has 9 heteroatoms. The molecule has 8 nitrogen and oxygen atoms in total. The van der Waals surface area contributed by atoms with Gasteiger partial charge in [0.05, 0.1) is 45.3 Å². The van der Waals surface area contributed by atoms with E-state index in [4.69, 9.17) is 4.99 Å². The van der Waals surface area contributed by atoms with Crippen LogP contribution in [0.2, 0.25) is 0 Å². The molecule has 194 valence electrons. The van der Waals surface area contributed by atoms with Gasteiger partial charge in [-0.25, -0.2) is 4.99 Å². The highest BCUT2D eigenvalue weighted by Gasteiger charge is 2.44. The predicted octanol–water partition coefficient (Wildman–Crippen LogP) is 3.68. The number of fused-ring (bicyclic) bond motifs is 1. The number of rotatable bonds is 7. The highest BCUT2D eigenvalue weighted by atomic mass is 32.1. The van der Waals surface area contributed by atoms with Crippen LogP contribution in [0.4, 0.5) is 5.69 Å². The van der Waals surface area contributed by atoms with Crippen molar-refractivity contribution in [3.05, 3.63) is 51.0 Å². The van der Waals surface area contributed by atoms with E-state index in [0.717, 1.165) is 22.7 Å². The van der Waals surface area contributed by atoms with Crippen LogP contribution in [0.5, 0.6) is 0 Å². The molecule has 4 N–H and O–H groups in total. The minimum Gasteiger partial charge on any atom is -0.396 e. The number of hydrogen-bond acceptors (Lipinski definition) is 6. The quantitative estimate of drug-likeness (QED) is 0.453. The molecule has 2 aliphatic heterocycles. The van der Waals surface area contributed by atoms with E-state index in [9.17, 15) is 19.8 Å². The first-order valence-corrected chi connectivity index (χ1v) is 13.2. The normalized spacial score (nSPS) is 17.9. The summed E-state index contributed by atoms with van der Waals surface area (Å²) in [6, 6.07) is 3.67. The third kappa shape index (κ3) is 5.05. The Hall–Kier alpha value is -2.75. The number of aliphatic hydroxyl groups is 2. The lowest BCUT2D eigenvalue weighted by Crippen LogP contribution is -2.61. The van der Waals surface area contributed by atoms with Crippen molar-refractivity contribution in [1.82, 2.24) is 15.2 Å². The lowest BCUT2D eigenvalue weighted by Gasteiger charge is -2.47. The standard InChI is InChI=1S/C27H36N4O4S/c1-6-17-9-19(21-7-8-22(36-21)25(35)31-12-27(13-31,14-32)15-33)30-23-18(11-28-20(23)10-17)24(34)29-16(2)26(3,4)5/h7-9,11,16,28,32-33H,6,10,12-15H2,1-5H3,(H,29,34). The van der Waals surface area contributed by atoms with Crippen LogP contribution in [-0.2, 0) is 6.42 Å². The van der Waals surface area contributed by atoms with Crippen molar-refractivity contribution in [2.24, 2.45) is 15.8 Å². The average molecular weight is 513 g/mol. The summed E-state index contributed by atoms with van der Waals surface area (Å²) in [4.78, 5) is 37.4. The van der Waals surface area contributed by atoms with E-state index in [1.54, 1.807) is 17.2 Å². The molecule has 1 atom stereocenters. The van der Waals surface area contributed by atoms with Gasteiger partial charge in [-0.05, 0) is 37.0 Å². The second-order valence-corrected chi connectivity index (χ2v) is 12.1. The molecule has 2 aromatic heterocycles. The number of allylic oxidation sites excluding steroid dienone is 2. The van der Waals surface area contributed by atoms with Crippen molar-refractivity contribution in [2.75, 3.05) is 26.3 Å². The maximum Gasteiger partial charge on any atom is 0.263 e. The Morgan fingerprint density at radius 1 is 1.25 bits per heavy atom. The van der Waals surface area contributed by atoms with Gasteiger partial charge < -0.3 is 25.4 Å². The summed E-state index contributed by atoms with van der Waals surface area (Å²) in [7, 11) is 0. The number of aromatic amines is 1. The number of likely N-dealkylation sites (tertiary alicyclic amines) is 1. The fourth-order valence-corrected chi connectivity index (χ4v) is 5.20. The van der Waals surface area contributed by atoms with Crippen molar-refractivity contribution in [1.29, 1.82) is 0 Å². The summed E-state index contributed by atoms with van der Waals surface area (Å²) >= 11 is 1.37. The van der Waals surface area contributed by atoms with Crippen LogP contribution in [0.25, 0.3) is 0 Å². The first kappa shape index (κ1) is 26.3. The van der Waals surface area contributed by atoms with Gasteiger partial charge in [0.15, 0.2) is 0 Å². The zero-order chi connectivity index (χ0) is 26.3. The van der Waals surface area contributed by atoms with E-state index in [1.165, 1.54) is 16.9 Å². The molecule has 2 aromatic rings. The van der Waals surface area contributed by atoms with Crippen LogP contribution < -0.4 is 5.32 Å². The topological polar surface area (TPSA) is 118 Å². The van der Waals surface area contributed by atoms with E-state index < -0.39 is 5.41 Å². The third-order valence-corrected chi connectivity index (χ3v) is 8.43. The number of carbonyl (C=O) groups excluding carboxylic acids is 2. The molecule has 0 bridgehead atoms. The number of H-pyrrole nitrogens is 1. The number of aliphatic hydroxyl groups excluding tert-OH is 2. The largest absolute Gasteiger partial charge is 0.396 e. The van der Waals surface area contributed by atoms with Gasteiger partial charge in [-0.3, -0.25) is 9.59 Å². The molecule has 0 saturated carbocycles. The summed E-state index contributed by atoms with van der Waals surface area (Å²) in [5.41, 5.74) is 3.31. The first-order valence-electron chi connectivity index (χ1n) is 12.4. The molecule has 1 fully saturated rings. The van der Waals surface area contributed by atoms with Crippen LogP contribution in [0.15, 0.2) is 35.0 Å². The second-order valence-electron chi connectivity index (χ2n) is 11.1. The van der Waals surface area contributed by atoms with E-state index in [2.05, 4.69) is 44.1 Å². The van der Waals surface area contributed by atoms with Crippen LogP contribution in [0.3, 0.4) is 0 Å². The van der Waals surface area contributed by atoms with E-state index in [1.807, 2.05) is 13.0 Å². The molecule has 0 radical (unpaired) electrons. The number of aromatic nitrogens is 1. The smallest absolute Gasteiger partial charge is 0.263 e. The van der Waals surface area contributed by atoms with Gasteiger partial charge >= 0.3 is 0 Å². The minimum absolute atomic E-state index is 0.0168. The second kappa shape index (κ2) is 9.95. The zero-order valence-corrected chi connectivity index (χ0v) is 22.5. The Kier molecular flexibility index (Phi) is 7.28. The molecule has 0 aromatic carbocycles.